The SMILES string of the molecule is CN1C(=O)N(C)C2C1N(C)C(=O)N2CN1C(=O)N(CN2C(=O)N(C)C3C2N(C)C(=O)N3C)C2C1N(C)C(=O)N2C. The summed E-state index contributed by atoms with van der Waals surface area (Å²) in [6, 6.07) is -2.06. The van der Waals surface area contributed by atoms with Gasteiger partial charge in [0.15, 0.2) is 24.7 Å². The van der Waals surface area contributed by atoms with Crippen molar-refractivity contribution in [2.75, 3.05) is 69.7 Å². The van der Waals surface area contributed by atoms with E-state index in [0.717, 1.165) is 0 Å². The van der Waals surface area contributed by atoms with Crippen molar-refractivity contribution < 1.29 is 28.8 Å². The topological polar surface area (TPSA) is 141 Å². The van der Waals surface area contributed by atoms with Crippen LogP contribution in [-0.4, -0.2) is 202 Å². The standard InChI is InChI=1S/C22H34N12O6/c1-23-11-13(27(5)17(23)35)31(20(38)25(11)3)9-33-15-16(30(8)19(37)29(15)7)34(22(33)40)10-32-14-12(26(4)21(32)39)24(2)18(36)28(14)6/h11-16H,9-10H2,1-8H3. The van der Waals surface area contributed by atoms with Gasteiger partial charge in [0.05, 0.1) is 0 Å². The molecule has 0 radical (unpaired) electrons. The van der Waals surface area contributed by atoms with Crippen molar-refractivity contribution in [1.82, 2.24) is 58.8 Å². The van der Waals surface area contributed by atoms with Gasteiger partial charge in [-0.05, 0) is 0 Å². The lowest BCUT2D eigenvalue weighted by atomic mass is 10.3. The number of fused-ring (bicyclic) bond motifs is 3. The molecule has 18 heteroatoms. The van der Waals surface area contributed by atoms with Crippen LogP contribution < -0.4 is 0 Å². The van der Waals surface area contributed by atoms with E-state index in [9.17, 15) is 28.8 Å². The first kappa shape index (κ1) is 25.9. The van der Waals surface area contributed by atoms with E-state index >= 15 is 0 Å². The molecule has 0 aromatic heterocycles. The normalized spacial score (nSPS) is 33.9. The molecule has 0 bridgehead atoms. The molecular formula is C22H34N12O6. The van der Waals surface area contributed by atoms with Gasteiger partial charge in [0, 0.05) is 56.4 Å². The fourth-order valence-electron chi connectivity index (χ4n) is 7.18. The average Bonchev–Trinajstić information content (AvgIpc) is 3.63. The Morgan fingerprint density at radius 3 is 0.825 bits per heavy atom. The van der Waals surface area contributed by atoms with Crippen molar-refractivity contribution in [3.63, 3.8) is 0 Å². The van der Waals surface area contributed by atoms with E-state index in [0.29, 0.717) is 0 Å². The van der Waals surface area contributed by atoms with Crippen molar-refractivity contribution in [3.05, 3.63) is 0 Å². The first-order valence-electron chi connectivity index (χ1n) is 12.8. The highest BCUT2D eigenvalue weighted by molar-refractivity contribution is 5.88. The van der Waals surface area contributed by atoms with Gasteiger partial charge in [-0.2, -0.15) is 0 Å². The molecule has 12 amide bonds. The highest BCUT2D eigenvalue weighted by atomic mass is 16.2. The number of nitrogens with zero attached hydrogens (tertiary/aromatic N) is 12. The van der Waals surface area contributed by atoms with Crippen molar-refractivity contribution in [2.45, 2.75) is 37.0 Å². The van der Waals surface area contributed by atoms with Crippen LogP contribution >= 0.6 is 0 Å². The number of rotatable bonds is 4. The maximum absolute atomic E-state index is 14.1. The summed E-state index contributed by atoms with van der Waals surface area (Å²) in [5.41, 5.74) is 0. The van der Waals surface area contributed by atoms with E-state index in [-0.39, 0.29) is 43.5 Å². The molecule has 0 aromatic rings. The monoisotopic (exact) mass is 562 g/mol. The van der Waals surface area contributed by atoms with Crippen LogP contribution in [0.2, 0.25) is 0 Å². The molecule has 6 atom stereocenters. The molecule has 0 aliphatic carbocycles. The van der Waals surface area contributed by atoms with Crippen LogP contribution in [0.5, 0.6) is 0 Å². The second-order valence-electron chi connectivity index (χ2n) is 11.2. The summed E-state index contributed by atoms with van der Waals surface area (Å²) in [7, 11) is 12.8. The van der Waals surface area contributed by atoms with Crippen LogP contribution in [0.25, 0.3) is 0 Å². The van der Waals surface area contributed by atoms with E-state index in [1.54, 1.807) is 56.4 Å². The zero-order valence-corrected chi connectivity index (χ0v) is 23.7. The molecule has 0 aromatic carbocycles. The van der Waals surface area contributed by atoms with Gasteiger partial charge in [-0.15, -0.1) is 0 Å². The Morgan fingerprint density at radius 1 is 0.325 bits per heavy atom. The number of carbonyl (C=O) groups excluding carboxylic acids is 6. The number of hydrogen-bond acceptors (Lipinski definition) is 6. The molecule has 6 fully saturated rings. The van der Waals surface area contributed by atoms with Gasteiger partial charge in [-0.3, -0.25) is 19.6 Å². The molecule has 218 valence electrons. The van der Waals surface area contributed by atoms with Gasteiger partial charge in [-0.25, -0.2) is 28.8 Å². The van der Waals surface area contributed by atoms with Gasteiger partial charge in [0.1, 0.15) is 25.7 Å². The maximum atomic E-state index is 14.1. The maximum Gasteiger partial charge on any atom is 0.326 e. The molecule has 6 rings (SSSR count). The molecule has 40 heavy (non-hydrogen) atoms. The second kappa shape index (κ2) is 8.07. The van der Waals surface area contributed by atoms with E-state index in [1.165, 1.54) is 58.8 Å². The van der Waals surface area contributed by atoms with Crippen molar-refractivity contribution in [3.8, 4) is 0 Å². The summed E-state index contributed by atoms with van der Waals surface area (Å²) in [5, 5.41) is 0. The molecule has 0 N–H and O–H groups in total. The van der Waals surface area contributed by atoms with Crippen molar-refractivity contribution >= 4 is 36.2 Å². The minimum atomic E-state index is -0.765. The Balaban J connectivity index is 1.32. The van der Waals surface area contributed by atoms with Crippen LogP contribution in [0.1, 0.15) is 0 Å². The Hall–Kier alpha value is -4.38. The lowest BCUT2D eigenvalue weighted by Gasteiger charge is -2.34. The van der Waals surface area contributed by atoms with Gasteiger partial charge in [0.2, 0.25) is 0 Å². The van der Waals surface area contributed by atoms with Gasteiger partial charge < -0.3 is 39.2 Å². The first-order valence-corrected chi connectivity index (χ1v) is 12.8. The van der Waals surface area contributed by atoms with E-state index in [2.05, 4.69) is 0 Å². The van der Waals surface area contributed by atoms with Gasteiger partial charge >= 0.3 is 36.2 Å². The molecule has 18 nitrogen and oxygen atoms in total. The third-order valence-corrected chi connectivity index (χ3v) is 9.26. The number of urea groups is 6. The predicted molar refractivity (Wildman–Crippen MR) is 134 cm³/mol. The van der Waals surface area contributed by atoms with Crippen molar-refractivity contribution in [2.24, 2.45) is 0 Å². The molecule has 6 heterocycles. The summed E-state index contributed by atoms with van der Waals surface area (Å²) in [5.74, 6) is 0. The van der Waals surface area contributed by atoms with Gasteiger partial charge in [0.25, 0.3) is 0 Å². The summed E-state index contributed by atoms with van der Waals surface area (Å²) < 4.78 is 0. The quantitative estimate of drug-likeness (QED) is 0.401. The minimum absolute atomic E-state index is 0.182. The number of amides is 12. The zero-order chi connectivity index (χ0) is 29.3. The number of likely N-dealkylation sites (N-methyl/N-ethyl adjacent to an activating group) is 8. The van der Waals surface area contributed by atoms with Crippen molar-refractivity contribution in [1.29, 1.82) is 0 Å². The third kappa shape index (κ3) is 2.87. The Morgan fingerprint density at radius 2 is 0.525 bits per heavy atom. The third-order valence-electron chi connectivity index (χ3n) is 9.26. The van der Waals surface area contributed by atoms with Crippen LogP contribution in [-0.2, 0) is 0 Å². The zero-order valence-electron chi connectivity index (χ0n) is 23.7. The average molecular weight is 563 g/mol. The Kier molecular flexibility index (Phi) is 5.22. The Bertz CT molecular complexity index is 1140. The van der Waals surface area contributed by atoms with Crippen LogP contribution in [0, 0.1) is 0 Å². The Labute approximate surface area is 230 Å². The first-order chi connectivity index (χ1) is 18.7. The minimum Gasteiger partial charge on any atom is -0.303 e. The van der Waals surface area contributed by atoms with Crippen LogP contribution in [0.4, 0.5) is 28.8 Å². The molecule has 0 spiro atoms. The second-order valence-corrected chi connectivity index (χ2v) is 11.2. The predicted octanol–water partition coefficient (Wildman–Crippen LogP) is -1.68. The van der Waals surface area contributed by atoms with E-state index in [4.69, 9.17) is 0 Å². The smallest absolute Gasteiger partial charge is 0.303 e. The largest absolute Gasteiger partial charge is 0.326 e. The molecule has 6 saturated heterocycles. The fourth-order valence-corrected chi connectivity index (χ4v) is 7.18. The molecule has 0 saturated carbocycles. The summed E-state index contributed by atoms with van der Waals surface area (Å²) in [6.45, 7) is -0.364. The molecule has 6 aliphatic heterocycles. The highest BCUT2D eigenvalue weighted by Crippen LogP contribution is 2.39. The molecule has 6 unspecified atom stereocenters. The lowest BCUT2D eigenvalue weighted by Crippen LogP contribution is -2.55. The highest BCUT2D eigenvalue weighted by Gasteiger charge is 2.63. The van der Waals surface area contributed by atoms with Crippen LogP contribution in [0.3, 0.4) is 0 Å². The van der Waals surface area contributed by atoms with E-state index < -0.39 is 43.0 Å². The summed E-state index contributed by atoms with van der Waals surface area (Å²) in [4.78, 5) is 96.5. The summed E-state index contributed by atoms with van der Waals surface area (Å²) in [6.07, 6.45) is -3.89. The number of hydrogen-bond donors (Lipinski definition) is 0. The van der Waals surface area contributed by atoms with Gasteiger partial charge in [-0.1, -0.05) is 0 Å². The summed E-state index contributed by atoms with van der Waals surface area (Å²) >= 11 is 0. The number of carbonyl (C=O) groups is 6. The van der Waals surface area contributed by atoms with E-state index in [1.807, 2.05) is 0 Å². The lowest BCUT2D eigenvalue weighted by molar-refractivity contribution is 0.0634. The van der Waals surface area contributed by atoms with Crippen LogP contribution in [0.15, 0.2) is 0 Å². The molecule has 6 aliphatic rings. The molecular weight excluding hydrogens is 528 g/mol. The fraction of sp³-hybridized carbons (Fsp3) is 0.727.